The lowest BCUT2D eigenvalue weighted by atomic mass is 9.91. The van der Waals surface area contributed by atoms with Crippen LogP contribution in [0.4, 0.5) is 20.5 Å². The Balaban J connectivity index is 1.30. The first-order valence-electron chi connectivity index (χ1n) is 9.82. The van der Waals surface area contributed by atoms with E-state index in [2.05, 4.69) is 35.4 Å². The fraction of sp³-hybridized carbons (Fsp3) is 0.450. The smallest absolute Gasteiger partial charge is 0.395 e. The van der Waals surface area contributed by atoms with Gasteiger partial charge in [0.05, 0.1) is 0 Å². The van der Waals surface area contributed by atoms with Gasteiger partial charge in [-0.2, -0.15) is 4.98 Å². The van der Waals surface area contributed by atoms with Gasteiger partial charge in [0.25, 0.3) is 5.91 Å². The molecule has 1 fully saturated rings. The van der Waals surface area contributed by atoms with Crippen molar-refractivity contribution in [3.63, 3.8) is 0 Å². The molecule has 1 aliphatic carbocycles. The topological polar surface area (TPSA) is 97.4 Å². The second kappa shape index (κ2) is 7.92. The van der Waals surface area contributed by atoms with Gasteiger partial charge in [0.15, 0.2) is 11.5 Å². The molecular weight excluding hydrogens is 396 g/mol. The fourth-order valence-corrected chi connectivity index (χ4v) is 3.68. The van der Waals surface area contributed by atoms with Crippen molar-refractivity contribution in [3.05, 3.63) is 35.5 Å². The number of ether oxygens (including phenoxy) is 2. The molecule has 2 aliphatic rings. The minimum Gasteiger partial charge on any atom is -0.395 e. The van der Waals surface area contributed by atoms with Crippen molar-refractivity contribution in [1.29, 1.82) is 0 Å². The monoisotopic (exact) mass is 419 g/mol. The van der Waals surface area contributed by atoms with Crippen LogP contribution in [0.5, 0.6) is 11.5 Å². The SMILES string of the molecule is CNc1cc(C)nc(N[C@H]2CC[C@@H](NC(=O)c3ccc4c(c3)OC(F)(F)O4)CC2)n1. The molecule has 1 aliphatic heterocycles. The quantitative estimate of drug-likeness (QED) is 0.684. The summed E-state index contributed by atoms with van der Waals surface area (Å²) in [7, 11) is 1.81. The van der Waals surface area contributed by atoms with E-state index in [1.54, 1.807) is 0 Å². The van der Waals surface area contributed by atoms with Crippen molar-refractivity contribution < 1.29 is 23.0 Å². The number of amides is 1. The van der Waals surface area contributed by atoms with Crippen LogP contribution in [-0.2, 0) is 0 Å². The molecule has 0 spiro atoms. The Morgan fingerprint density at radius 3 is 2.50 bits per heavy atom. The van der Waals surface area contributed by atoms with Gasteiger partial charge >= 0.3 is 6.29 Å². The van der Waals surface area contributed by atoms with E-state index in [9.17, 15) is 13.6 Å². The summed E-state index contributed by atoms with van der Waals surface area (Å²) in [5.41, 5.74) is 1.13. The maximum absolute atomic E-state index is 13.1. The third kappa shape index (κ3) is 4.52. The Morgan fingerprint density at radius 2 is 1.77 bits per heavy atom. The summed E-state index contributed by atoms with van der Waals surface area (Å²) in [6.07, 6.45) is -0.416. The largest absolute Gasteiger partial charge is 0.586 e. The van der Waals surface area contributed by atoms with Crippen molar-refractivity contribution in [2.75, 3.05) is 17.7 Å². The van der Waals surface area contributed by atoms with Gasteiger partial charge in [-0.3, -0.25) is 4.79 Å². The number of aryl methyl sites for hydroxylation is 1. The highest BCUT2D eigenvalue weighted by Crippen LogP contribution is 2.41. The number of nitrogens with one attached hydrogen (secondary N) is 3. The van der Waals surface area contributed by atoms with Crippen LogP contribution < -0.4 is 25.4 Å². The van der Waals surface area contributed by atoms with Crippen LogP contribution >= 0.6 is 0 Å². The zero-order valence-electron chi connectivity index (χ0n) is 16.7. The van der Waals surface area contributed by atoms with Crippen molar-refractivity contribution in [1.82, 2.24) is 15.3 Å². The summed E-state index contributed by atoms with van der Waals surface area (Å²) in [5.74, 6) is 0.799. The van der Waals surface area contributed by atoms with Crippen LogP contribution in [0.1, 0.15) is 41.7 Å². The molecule has 30 heavy (non-hydrogen) atoms. The maximum atomic E-state index is 13.1. The molecule has 1 saturated carbocycles. The van der Waals surface area contributed by atoms with E-state index in [0.29, 0.717) is 5.95 Å². The molecule has 0 bridgehead atoms. The number of halogens is 2. The van der Waals surface area contributed by atoms with Gasteiger partial charge in [-0.15, -0.1) is 8.78 Å². The number of benzene rings is 1. The van der Waals surface area contributed by atoms with Gasteiger partial charge in [-0.05, 0) is 50.8 Å². The number of nitrogens with zero attached hydrogens (tertiary/aromatic N) is 2. The van der Waals surface area contributed by atoms with Crippen LogP contribution in [0, 0.1) is 6.92 Å². The lowest BCUT2D eigenvalue weighted by Gasteiger charge is -2.29. The number of carbonyl (C=O) groups is 1. The third-order valence-electron chi connectivity index (χ3n) is 5.17. The molecule has 4 rings (SSSR count). The van der Waals surface area contributed by atoms with Gasteiger partial charge in [0, 0.05) is 36.5 Å². The summed E-state index contributed by atoms with van der Waals surface area (Å²) in [6.45, 7) is 1.91. The van der Waals surface area contributed by atoms with E-state index in [4.69, 9.17) is 0 Å². The highest BCUT2D eigenvalue weighted by molar-refractivity contribution is 5.95. The van der Waals surface area contributed by atoms with E-state index < -0.39 is 6.29 Å². The molecular formula is C20H23F2N5O3. The van der Waals surface area contributed by atoms with Crippen LogP contribution in [0.3, 0.4) is 0 Å². The molecule has 1 aromatic heterocycles. The normalized spacial score (nSPS) is 21.7. The standard InChI is InChI=1S/C20H23F2N5O3/c1-11-9-17(23-2)27-19(24-11)26-14-6-4-13(5-7-14)25-18(28)12-3-8-15-16(10-12)30-20(21,22)29-15/h3,8-10,13-14H,4-7H2,1-2H3,(H,25,28)(H2,23,24,26,27)/t13-,14+. The fourth-order valence-electron chi connectivity index (χ4n) is 3.68. The second-order valence-corrected chi connectivity index (χ2v) is 7.46. The molecule has 8 nitrogen and oxygen atoms in total. The Morgan fingerprint density at radius 1 is 1.07 bits per heavy atom. The average molecular weight is 419 g/mol. The van der Waals surface area contributed by atoms with Crippen molar-refractivity contribution in [2.24, 2.45) is 0 Å². The number of rotatable bonds is 5. The molecule has 160 valence electrons. The van der Waals surface area contributed by atoms with Gasteiger partial charge < -0.3 is 25.4 Å². The van der Waals surface area contributed by atoms with Gasteiger partial charge in [-0.1, -0.05) is 0 Å². The molecule has 0 unspecified atom stereocenters. The predicted octanol–water partition coefficient (Wildman–Crippen LogP) is 3.30. The summed E-state index contributed by atoms with van der Waals surface area (Å²) in [5, 5.41) is 9.34. The molecule has 0 atom stereocenters. The second-order valence-electron chi connectivity index (χ2n) is 7.46. The molecule has 0 saturated heterocycles. The minimum atomic E-state index is -3.70. The number of alkyl halides is 2. The van der Waals surface area contributed by atoms with E-state index in [-0.39, 0.29) is 35.1 Å². The molecule has 2 heterocycles. The van der Waals surface area contributed by atoms with Crippen LogP contribution in [0.15, 0.2) is 24.3 Å². The molecule has 1 amide bonds. The highest BCUT2D eigenvalue weighted by atomic mass is 19.3. The Bertz CT molecular complexity index is 948. The van der Waals surface area contributed by atoms with E-state index in [1.807, 2.05) is 20.0 Å². The molecule has 0 radical (unpaired) electrons. The van der Waals surface area contributed by atoms with E-state index >= 15 is 0 Å². The van der Waals surface area contributed by atoms with Crippen molar-refractivity contribution in [3.8, 4) is 11.5 Å². The van der Waals surface area contributed by atoms with Crippen LogP contribution in [0.25, 0.3) is 0 Å². The lowest BCUT2D eigenvalue weighted by molar-refractivity contribution is -0.286. The van der Waals surface area contributed by atoms with Gasteiger partial charge in [0.1, 0.15) is 5.82 Å². The number of hydrogen-bond acceptors (Lipinski definition) is 7. The zero-order chi connectivity index (χ0) is 21.3. The zero-order valence-corrected chi connectivity index (χ0v) is 16.7. The summed E-state index contributed by atoms with van der Waals surface area (Å²) < 4.78 is 35.0. The first-order chi connectivity index (χ1) is 14.3. The van der Waals surface area contributed by atoms with Crippen molar-refractivity contribution in [2.45, 2.75) is 51.0 Å². The van der Waals surface area contributed by atoms with E-state index in [0.717, 1.165) is 37.2 Å². The number of fused-ring (bicyclic) bond motifs is 1. The molecule has 2 aromatic rings. The average Bonchev–Trinajstić information content (AvgIpc) is 3.01. The van der Waals surface area contributed by atoms with Crippen LogP contribution in [-0.4, -0.2) is 41.3 Å². The highest BCUT2D eigenvalue weighted by Gasteiger charge is 2.43. The van der Waals surface area contributed by atoms with Crippen LogP contribution in [0.2, 0.25) is 0 Å². The minimum absolute atomic E-state index is 0.00807. The van der Waals surface area contributed by atoms with E-state index in [1.165, 1.54) is 18.2 Å². The van der Waals surface area contributed by atoms with Gasteiger partial charge in [0.2, 0.25) is 5.95 Å². The molecule has 3 N–H and O–H groups in total. The Kier molecular flexibility index (Phi) is 5.31. The predicted molar refractivity (Wildman–Crippen MR) is 106 cm³/mol. The number of hydrogen-bond donors (Lipinski definition) is 3. The first kappa shape index (κ1) is 20.1. The number of anilines is 2. The van der Waals surface area contributed by atoms with Gasteiger partial charge in [-0.25, -0.2) is 4.98 Å². The maximum Gasteiger partial charge on any atom is 0.586 e. The summed E-state index contributed by atoms with van der Waals surface area (Å²) >= 11 is 0. The first-order valence-corrected chi connectivity index (χ1v) is 9.82. The Labute approximate surface area is 172 Å². The third-order valence-corrected chi connectivity index (χ3v) is 5.17. The number of carbonyl (C=O) groups excluding carboxylic acids is 1. The lowest BCUT2D eigenvalue weighted by Crippen LogP contribution is -2.40. The van der Waals surface area contributed by atoms with Crippen molar-refractivity contribution >= 4 is 17.7 Å². The summed E-state index contributed by atoms with van der Waals surface area (Å²) in [6, 6.07) is 6.13. The molecule has 10 heteroatoms. The Hall–Kier alpha value is -3.17. The number of aromatic nitrogens is 2. The molecule has 1 aromatic carbocycles. The summed E-state index contributed by atoms with van der Waals surface area (Å²) in [4.78, 5) is 21.3.